The average molecular weight is 281 g/mol. The van der Waals surface area contributed by atoms with Gasteiger partial charge in [-0.15, -0.1) is 0 Å². The Hall–Kier alpha value is -1.93. The van der Waals surface area contributed by atoms with Gasteiger partial charge in [0.15, 0.2) is 5.82 Å². The van der Waals surface area contributed by atoms with Gasteiger partial charge in [-0.25, -0.2) is 9.97 Å². The minimum Gasteiger partial charge on any atom is -0.377 e. The number of primary amides is 1. The number of hydrogen-bond acceptors (Lipinski definition) is 7. The predicted octanol–water partition coefficient (Wildman–Crippen LogP) is -0.645. The van der Waals surface area contributed by atoms with Crippen LogP contribution in [0.15, 0.2) is 6.07 Å². The first-order valence-corrected chi connectivity index (χ1v) is 6.34. The number of carbonyl (C=O) groups excluding carboxylic acids is 1. The zero-order valence-corrected chi connectivity index (χ0v) is 11.6. The number of rotatable bonds is 5. The van der Waals surface area contributed by atoms with E-state index in [9.17, 15) is 4.79 Å². The van der Waals surface area contributed by atoms with E-state index < -0.39 is 11.9 Å². The van der Waals surface area contributed by atoms with Gasteiger partial charge < -0.3 is 25.4 Å². The van der Waals surface area contributed by atoms with Gasteiger partial charge in [-0.05, 0) is 0 Å². The Balaban J connectivity index is 2.33. The smallest absolute Gasteiger partial charge is 0.242 e. The second-order valence-corrected chi connectivity index (χ2v) is 4.40. The molecule has 0 bridgehead atoms. The van der Waals surface area contributed by atoms with E-state index in [1.165, 1.54) is 0 Å². The molecule has 1 atom stereocenters. The van der Waals surface area contributed by atoms with Crippen molar-refractivity contribution < 1.29 is 14.3 Å². The minimum atomic E-state index is -0.515. The Morgan fingerprint density at radius 2 is 2.45 bits per heavy atom. The number of aromatic nitrogens is 2. The summed E-state index contributed by atoms with van der Waals surface area (Å²) < 4.78 is 10.4. The molecule has 2 rings (SSSR count). The van der Waals surface area contributed by atoms with E-state index in [4.69, 9.17) is 15.2 Å². The number of amides is 1. The summed E-state index contributed by atoms with van der Waals surface area (Å²) in [6.07, 6.45) is 0. The van der Waals surface area contributed by atoms with Crippen LogP contribution in [0.3, 0.4) is 0 Å². The molecule has 8 nitrogen and oxygen atoms in total. The number of morpholine rings is 1. The SMILES string of the molecule is CNc1cc(N2CCOCC2C(N)=O)nc(COC)n1. The van der Waals surface area contributed by atoms with Crippen molar-refractivity contribution in [3.05, 3.63) is 11.9 Å². The van der Waals surface area contributed by atoms with Crippen LogP contribution < -0.4 is 16.0 Å². The van der Waals surface area contributed by atoms with Crippen LogP contribution in [-0.2, 0) is 20.9 Å². The highest BCUT2D eigenvalue weighted by Crippen LogP contribution is 2.20. The second-order valence-electron chi connectivity index (χ2n) is 4.40. The molecule has 1 aromatic heterocycles. The van der Waals surface area contributed by atoms with Gasteiger partial charge in [-0.3, -0.25) is 4.79 Å². The van der Waals surface area contributed by atoms with Crippen molar-refractivity contribution >= 4 is 17.5 Å². The van der Waals surface area contributed by atoms with Gasteiger partial charge in [0, 0.05) is 26.8 Å². The molecule has 1 amide bonds. The number of nitrogens with two attached hydrogens (primary N) is 1. The Labute approximate surface area is 117 Å². The molecule has 0 spiro atoms. The van der Waals surface area contributed by atoms with Crippen molar-refractivity contribution in [1.29, 1.82) is 0 Å². The lowest BCUT2D eigenvalue weighted by Crippen LogP contribution is -2.53. The summed E-state index contributed by atoms with van der Waals surface area (Å²) in [6.45, 7) is 1.66. The molecule has 0 aromatic carbocycles. The van der Waals surface area contributed by atoms with Gasteiger partial charge >= 0.3 is 0 Å². The summed E-state index contributed by atoms with van der Waals surface area (Å²) in [5, 5.41) is 2.97. The molecular formula is C12H19N5O3. The molecule has 3 N–H and O–H groups in total. The molecule has 1 saturated heterocycles. The van der Waals surface area contributed by atoms with Crippen molar-refractivity contribution in [2.45, 2.75) is 12.6 Å². The molecule has 110 valence electrons. The molecule has 2 heterocycles. The first kappa shape index (κ1) is 14.5. The number of carbonyl (C=O) groups is 1. The lowest BCUT2D eigenvalue weighted by molar-refractivity contribution is -0.121. The first-order valence-electron chi connectivity index (χ1n) is 6.34. The van der Waals surface area contributed by atoms with E-state index in [1.54, 1.807) is 20.2 Å². The van der Waals surface area contributed by atoms with E-state index in [-0.39, 0.29) is 6.61 Å². The summed E-state index contributed by atoms with van der Waals surface area (Å²) in [7, 11) is 3.35. The summed E-state index contributed by atoms with van der Waals surface area (Å²) in [4.78, 5) is 22.1. The third kappa shape index (κ3) is 3.14. The summed E-state index contributed by atoms with van der Waals surface area (Å²) in [5.74, 6) is 1.42. The maximum atomic E-state index is 11.5. The molecule has 1 unspecified atom stereocenters. The molecule has 1 aliphatic rings. The number of anilines is 2. The van der Waals surface area contributed by atoms with Gasteiger partial charge in [0.25, 0.3) is 0 Å². The zero-order valence-electron chi connectivity index (χ0n) is 11.6. The number of nitrogens with one attached hydrogen (secondary N) is 1. The lowest BCUT2D eigenvalue weighted by atomic mass is 10.2. The molecule has 1 aliphatic heterocycles. The Morgan fingerprint density at radius 1 is 1.65 bits per heavy atom. The fourth-order valence-corrected chi connectivity index (χ4v) is 2.07. The van der Waals surface area contributed by atoms with Crippen LogP contribution in [0.25, 0.3) is 0 Å². The summed E-state index contributed by atoms with van der Waals surface area (Å²) >= 11 is 0. The van der Waals surface area contributed by atoms with Crippen LogP contribution >= 0.6 is 0 Å². The summed E-state index contributed by atoms with van der Waals surface area (Å²) in [5.41, 5.74) is 5.42. The number of hydrogen-bond donors (Lipinski definition) is 2. The number of ether oxygens (including phenoxy) is 2. The van der Waals surface area contributed by atoms with Gasteiger partial charge in [0.05, 0.1) is 13.2 Å². The second kappa shape index (κ2) is 6.49. The Kier molecular flexibility index (Phi) is 4.70. The number of nitrogens with zero attached hydrogens (tertiary/aromatic N) is 3. The van der Waals surface area contributed by atoms with E-state index in [0.29, 0.717) is 37.2 Å². The molecule has 0 radical (unpaired) electrons. The van der Waals surface area contributed by atoms with E-state index in [0.717, 1.165) is 0 Å². The molecule has 0 aliphatic carbocycles. The maximum Gasteiger partial charge on any atom is 0.242 e. The Bertz CT molecular complexity index is 482. The Morgan fingerprint density at radius 3 is 3.10 bits per heavy atom. The van der Waals surface area contributed by atoms with E-state index >= 15 is 0 Å². The molecule has 1 fully saturated rings. The van der Waals surface area contributed by atoms with Gasteiger partial charge in [-0.2, -0.15) is 0 Å². The monoisotopic (exact) mass is 281 g/mol. The largest absolute Gasteiger partial charge is 0.377 e. The highest BCUT2D eigenvalue weighted by Gasteiger charge is 2.29. The fraction of sp³-hybridized carbons (Fsp3) is 0.583. The topological polar surface area (TPSA) is 103 Å². The van der Waals surface area contributed by atoms with Crippen LogP contribution in [0.5, 0.6) is 0 Å². The molecule has 8 heteroatoms. The van der Waals surface area contributed by atoms with Crippen LogP contribution in [-0.4, -0.2) is 55.8 Å². The van der Waals surface area contributed by atoms with Gasteiger partial charge in [0.1, 0.15) is 24.3 Å². The average Bonchev–Trinajstić information content (AvgIpc) is 2.47. The predicted molar refractivity (Wildman–Crippen MR) is 73.4 cm³/mol. The normalized spacial score (nSPS) is 18.9. The summed E-state index contributed by atoms with van der Waals surface area (Å²) in [6, 6.07) is 1.26. The quantitative estimate of drug-likeness (QED) is 0.739. The maximum absolute atomic E-state index is 11.5. The van der Waals surface area contributed by atoms with Gasteiger partial charge in [0.2, 0.25) is 5.91 Å². The standard InChI is InChI=1S/C12H19N5O3/c1-14-9-5-11(16-10(15-9)7-19-2)17-3-4-20-6-8(17)12(13)18/h5,8H,3-4,6-7H2,1-2H3,(H2,13,18)(H,14,15,16). The molecule has 1 aromatic rings. The van der Waals surface area contributed by atoms with Gasteiger partial charge in [-0.1, -0.05) is 0 Å². The fourth-order valence-electron chi connectivity index (χ4n) is 2.07. The third-order valence-corrected chi connectivity index (χ3v) is 3.04. The molecule has 20 heavy (non-hydrogen) atoms. The van der Waals surface area contributed by atoms with Crippen molar-refractivity contribution in [2.24, 2.45) is 5.73 Å². The van der Waals surface area contributed by atoms with Crippen LogP contribution in [0.1, 0.15) is 5.82 Å². The van der Waals surface area contributed by atoms with Crippen LogP contribution in [0, 0.1) is 0 Å². The number of methoxy groups -OCH3 is 1. The lowest BCUT2D eigenvalue weighted by Gasteiger charge is -2.34. The highest BCUT2D eigenvalue weighted by atomic mass is 16.5. The van der Waals surface area contributed by atoms with E-state index in [1.807, 2.05) is 4.90 Å². The van der Waals surface area contributed by atoms with Crippen molar-refractivity contribution in [1.82, 2.24) is 9.97 Å². The van der Waals surface area contributed by atoms with Crippen LogP contribution in [0.4, 0.5) is 11.6 Å². The van der Waals surface area contributed by atoms with Crippen LogP contribution in [0.2, 0.25) is 0 Å². The van der Waals surface area contributed by atoms with Crippen molar-refractivity contribution in [2.75, 3.05) is 44.1 Å². The van der Waals surface area contributed by atoms with Crippen molar-refractivity contribution in [3.8, 4) is 0 Å². The molecular weight excluding hydrogens is 262 g/mol. The first-order chi connectivity index (χ1) is 9.65. The minimum absolute atomic E-state index is 0.272. The van der Waals surface area contributed by atoms with E-state index in [2.05, 4.69) is 15.3 Å². The molecule has 0 saturated carbocycles. The highest BCUT2D eigenvalue weighted by molar-refractivity contribution is 5.83. The third-order valence-electron chi connectivity index (χ3n) is 3.04. The van der Waals surface area contributed by atoms with Crippen molar-refractivity contribution in [3.63, 3.8) is 0 Å². The zero-order chi connectivity index (χ0) is 14.5.